The van der Waals surface area contributed by atoms with Gasteiger partial charge >= 0.3 is 6.18 Å². The van der Waals surface area contributed by atoms with Crippen molar-refractivity contribution < 1.29 is 18.3 Å². The van der Waals surface area contributed by atoms with Gasteiger partial charge in [0.1, 0.15) is 0 Å². The van der Waals surface area contributed by atoms with Gasteiger partial charge < -0.3 is 5.11 Å². The zero-order valence-corrected chi connectivity index (χ0v) is 9.48. The molecular weight excluding hydrogens is 239 g/mol. The van der Waals surface area contributed by atoms with Gasteiger partial charge in [-0.1, -0.05) is 6.92 Å². The smallest absolute Gasteiger partial charge is 0.392 e. The first-order valence-corrected chi connectivity index (χ1v) is 5.76. The predicted octanol–water partition coefficient (Wildman–Crippen LogP) is 2.96. The predicted molar refractivity (Wildman–Crippen MR) is 56.3 cm³/mol. The summed E-state index contributed by atoms with van der Waals surface area (Å²) in [6.07, 6.45) is -3.37. The van der Waals surface area contributed by atoms with Crippen LogP contribution in [0.15, 0.2) is 23.4 Å². The molecule has 0 aliphatic heterocycles. The average Bonchev–Trinajstić information content (AvgIpc) is 2.25. The normalized spacial score (nSPS) is 13.8. The average molecular weight is 251 g/mol. The molecule has 1 rings (SSSR count). The molecule has 0 aliphatic rings. The topological polar surface area (TPSA) is 33.1 Å². The van der Waals surface area contributed by atoms with Crippen molar-refractivity contribution in [1.82, 2.24) is 4.98 Å². The Labute approximate surface area is 95.9 Å². The molecule has 1 aromatic heterocycles. The molecule has 16 heavy (non-hydrogen) atoms. The number of alkyl halides is 3. The second-order valence-electron chi connectivity index (χ2n) is 3.26. The highest BCUT2D eigenvalue weighted by molar-refractivity contribution is 7.99. The van der Waals surface area contributed by atoms with E-state index in [1.807, 2.05) is 6.92 Å². The highest BCUT2D eigenvalue weighted by Crippen LogP contribution is 2.29. The first-order valence-electron chi connectivity index (χ1n) is 4.77. The molecule has 0 bridgehead atoms. The fraction of sp³-hybridized carbons (Fsp3) is 0.500. The summed E-state index contributed by atoms with van der Waals surface area (Å²) in [4.78, 5) is 3.68. The van der Waals surface area contributed by atoms with Crippen LogP contribution >= 0.6 is 11.8 Å². The van der Waals surface area contributed by atoms with E-state index in [1.165, 1.54) is 17.8 Å². The van der Waals surface area contributed by atoms with E-state index < -0.39 is 17.8 Å². The lowest BCUT2D eigenvalue weighted by Crippen LogP contribution is -2.08. The minimum Gasteiger partial charge on any atom is -0.392 e. The van der Waals surface area contributed by atoms with Crippen LogP contribution in [0.4, 0.5) is 13.2 Å². The number of aliphatic hydroxyl groups is 1. The van der Waals surface area contributed by atoms with Crippen molar-refractivity contribution in [2.45, 2.75) is 30.7 Å². The highest BCUT2D eigenvalue weighted by atomic mass is 32.2. The van der Waals surface area contributed by atoms with Crippen LogP contribution in [0.3, 0.4) is 0 Å². The lowest BCUT2D eigenvalue weighted by Gasteiger charge is -2.08. The molecule has 1 aromatic rings. The van der Waals surface area contributed by atoms with Crippen molar-refractivity contribution in [3.63, 3.8) is 0 Å². The van der Waals surface area contributed by atoms with Crippen molar-refractivity contribution in [3.05, 3.63) is 23.9 Å². The number of thioether (sulfide) groups is 1. The summed E-state index contributed by atoms with van der Waals surface area (Å²) in [7, 11) is 0. The van der Waals surface area contributed by atoms with Crippen molar-refractivity contribution >= 4 is 11.8 Å². The number of halogens is 3. The summed E-state index contributed by atoms with van der Waals surface area (Å²) in [6.45, 7) is 1.84. The SMILES string of the molecule is CCC(O)CSc1ccc(C(F)(F)F)cn1. The number of pyridine rings is 1. The maximum atomic E-state index is 12.2. The van der Waals surface area contributed by atoms with Crippen molar-refractivity contribution in [3.8, 4) is 0 Å². The van der Waals surface area contributed by atoms with Crippen molar-refractivity contribution in [2.75, 3.05) is 5.75 Å². The molecule has 2 nitrogen and oxygen atoms in total. The van der Waals surface area contributed by atoms with Crippen LogP contribution in [-0.4, -0.2) is 21.9 Å². The lowest BCUT2D eigenvalue weighted by atomic mass is 10.3. The van der Waals surface area contributed by atoms with Gasteiger partial charge in [-0.3, -0.25) is 0 Å². The first-order chi connectivity index (χ1) is 7.43. The standard InChI is InChI=1S/C10H12F3NOS/c1-2-8(15)6-16-9-4-3-7(5-14-9)10(11,12)13/h3-5,8,15H,2,6H2,1H3. The summed E-state index contributed by atoms with van der Waals surface area (Å²) < 4.78 is 36.6. The zero-order chi connectivity index (χ0) is 12.2. The molecule has 0 aromatic carbocycles. The summed E-state index contributed by atoms with van der Waals surface area (Å²) >= 11 is 1.24. The maximum Gasteiger partial charge on any atom is 0.417 e. The van der Waals surface area contributed by atoms with Crippen LogP contribution in [0.5, 0.6) is 0 Å². The van der Waals surface area contributed by atoms with Gasteiger partial charge in [-0.05, 0) is 18.6 Å². The third-order valence-corrected chi connectivity index (χ3v) is 3.05. The van der Waals surface area contributed by atoms with Crippen molar-refractivity contribution in [1.29, 1.82) is 0 Å². The van der Waals surface area contributed by atoms with E-state index in [2.05, 4.69) is 4.98 Å². The highest BCUT2D eigenvalue weighted by Gasteiger charge is 2.30. The van der Waals surface area contributed by atoms with Crippen molar-refractivity contribution in [2.24, 2.45) is 0 Å². The molecule has 90 valence electrons. The first kappa shape index (κ1) is 13.3. The minimum absolute atomic E-state index is 0.439. The largest absolute Gasteiger partial charge is 0.417 e. The molecule has 1 atom stereocenters. The molecule has 0 saturated heterocycles. The van der Waals surface area contributed by atoms with Crippen LogP contribution in [0.1, 0.15) is 18.9 Å². The maximum absolute atomic E-state index is 12.2. The Balaban J connectivity index is 2.58. The quantitative estimate of drug-likeness (QED) is 0.835. The summed E-state index contributed by atoms with van der Waals surface area (Å²) in [5, 5.41) is 9.76. The fourth-order valence-corrected chi connectivity index (χ4v) is 1.82. The number of rotatable bonds is 4. The number of aromatic nitrogens is 1. The Morgan fingerprint density at radius 1 is 1.44 bits per heavy atom. The van der Waals surface area contributed by atoms with E-state index in [9.17, 15) is 18.3 Å². The summed E-state index contributed by atoms with van der Waals surface area (Å²) in [5.74, 6) is 0.439. The van der Waals surface area contributed by atoms with Gasteiger partial charge in [0.05, 0.1) is 16.7 Å². The summed E-state index contributed by atoms with van der Waals surface area (Å²) in [5.41, 5.74) is -0.757. The Morgan fingerprint density at radius 3 is 2.56 bits per heavy atom. The lowest BCUT2D eigenvalue weighted by molar-refractivity contribution is -0.137. The van der Waals surface area contributed by atoms with Crippen LogP contribution in [0.2, 0.25) is 0 Å². The van der Waals surface area contributed by atoms with Gasteiger partial charge in [-0.2, -0.15) is 13.2 Å². The van der Waals surface area contributed by atoms with Crippen LogP contribution < -0.4 is 0 Å². The second kappa shape index (κ2) is 5.54. The van der Waals surface area contributed by atoms with Crippen LogP contribution in [-0.2, 0) is 6.18 Å². The molecule has 0 aliphatic carbocycles. The molecule has 6 heteroatoms. The van der Waals surface area contributed by atoms with Crippen LogP contribution in [0, 0.1) is 0 Å². The van der Waals surface area contributed by atoms with Gasteiger partial charge in [-0.25, -0.2) is 4.98 Å². The molecule has 1 heterocycles. The van der Waals surface area contributed by atoms with E-state index in [4.69, 9.17) is 0 Å². The third-order valence-electron chi connectivity index (χ3n) is 1.96. The van der Waals surface area contributed by atoms with Gasteiger partial charge in [-0.15, -0.1) is 11.8 Å². The number of aliphatic hydroxyl groups excluding tert-OH is 1. The Kier molecular flexibility index (Phi) is 4.61. The van der Waals surface area contributed by atoms with Gasteiger partial charge in [0.2, 0.25) is 0 Å². The number of hydrogen-bond acceptors (Lipinski definition) is 3. The Morgan fingerprint density at radius 2 is 2.12 bits per heavy atom. The minimum atomic E-state index is -4.35. The summed E-state index contributed by atoms with van der Waals surface area (Å²) in [6, 6.07) is 2.31. The fourth-order valence-electron chi connectivity index (χ4n) is 0.933. The van der Waals surface area contributed by atoms with Gasteiger partial charge in [0.15, 0.2) is 0 Å². The monoisotopic (exact) mass is 251 g/mol. The van der Waals surface area contributed by atoms with Gasteiger partial charge in [0.25, 0.3) is 0 Å². The zero-order valence-electron chi connectivity index (χ0n) is 8.66. The molecule has 1 unspecified atom stereocenters. The second-order valence-corrected chi connectivity index (χ2v) is 4.30. The van der Waals surface area contributed by atoms with Gasteiger partial charge in [0, 0.05) is 11.9 Å². The number of nitrogens with zero attached hydrogens (tertiary/aromatic N) is 1. The van der Waals surface area contributed by atoms with E-state index in [-0.39, 0.29) is 0 Å². The Hall–Kier alpha value is -0.750. The van der Waals surface area contributed by atoms with E-state index >= 15 is 0 Å². The Bertz CT molecular complexity index is 326. The molecule has 0 radical (unpaired) electrons. The van der Waals surface area contributed by atoms with E-state index in [1.54, 1.807) is 0 Å². The molecular formula is C10H12F3NOS. The van der Waals surface area contributed by atoms with E-state index in [0.717, 1.165) is 12.3 Å². The molecule has 0 amide bonds. The third kappa shape index (κ3) is 4.02. The molecule has 0 saturated carbocycles. The van der Waals surface area contributed by atoms with E-state index in [0.29, 0.717) is 17.2 Å². The molecule has 0 fully saturated rings. The molecule has 1 N–H and O–H groups in total. The molecule has 0 spiro atoms. The van der Waals surface area contributed by atoms with Crippen LogP contribution in [0.25, 0.3) is 0 Å². The number of hydrogen-bond donors (Lipinski definition) is 1.